The van der Waals surface area contributed by atoms with Gasteiger partial charge in [-0.15, -0.1) is 11.3 Å². The van der Waals surface area contributed by atoms with E-state index in [1.807, 2.05) is 18.6 Å². The van der Waals surface area contributed by atoms with Crippen molar-refractivity contribution in [3.63, 3.8) is 0 Å². The minimum atomic E-state index is 0.0532. The summed E-state index contributed by atoms with van der Waals surface area (Å²) in [5.74, 6) is 0. The van der Waals surface area contributed by atoms with Gasteiger partial charge in [0.05, 0.1) is 5.52 Å². The van der Waals surface area contributed by atoms with E-state index in [2.05, 4.69) is 4.98 Å². The van der Waals surface area contributed by atoms with Gasteiger partial charge in [0, 0.05) is 7.05 Å². The molecule has 0 amide bonds. The van der Waals surface area contributed by atoms with Gasteiger partial charge in [-0.3, -0.25) is 9.36 Å². The Bertz CT molecular complexity index is 541. The molecular formula is C9H10N2OS2. The topological polar surface area (TPSA) is 34.9 Å². The number of nitrogens with zero attached hydrogens (tertiary/aromatic N) is 2. The lowest BCUT2D eigenvalue weighted by atomic mass is 10.3. The average molecular weight is 226 g/mol. The van der Waals surface area contributed by atoms with E-state index in [1.165, 1.54) is 23.1 Å². The molecule has 0 N–H and O–H groups in total. The van der Waals surface area contributed by atoms with Crippen LogP contribution >= 0.6 is 23.1 Å². The minimum absolute atomic E-state index is 0.0532. The molecule has 0 aliphatic heterocycles. The van der Waals surface area contributed by atoms with Crippen LogP contribution < -0.4 is 5.56 Å². The number of fused-ring (bicyclic) bond motifs is 1. The zero-order valence-electron chi connectivity index (χ0n) is 8.20. The van der Waals surface area contributed by atoms with Crippen LogP contribution in [0.2, 0.25) is 0 Å². The maximum Gasteiger partial charge on any atom is 0.271 e. The van der Waals surface area contributed by atoms with Crippen molar-refractivity contribution in [3.05, 3.63) is 21.3 Å². The van der Waals surface area contributed by atoms with Crippen LogP contribution in [0.15, 0.2) is 15.3 Å². The van der Waals surface area contributed by atoms with Crippen LogP contribution in [-0.2, 0) is 7.05 Å². The number of hydrogen-bond donors (Lipinski definition) is 0. The third kappa shape index (κ3) is 1.27. The molecule has 2 heterocycles. The SMILES string of the molecule is CSc1nc2c(C)csc2c(=O)n1C. The predicted molar refractivity (Wildman–Crippen MR) is 61.4 cm³/mol. The molecule has 0 aliphatic carbocycles. The molecule has 2 aromatic rings. The van der Waals surface area contributed by atoms with Gasteiger partial charge in [0.2, 0.25) is 0 Å². The van der Waals surface area contributed by atoms with Crippen molar-refractivity contribution in [2.45, 2.75) is 12.1 Å². The zero-order valence-corrected chi connectivity index (χ0v) is 9.83. The van der Waals surface area contributed by atoms with E-state index < -0.39 is 0 Å². The molecule has 14 heavy (non-hydrogen) atoms. The summed E-state index contributed by atoms with van der Waals surface area (Å²) in [7, 11) is 1.76. The highest BCUT2D eigenvalue weighted by atomic mass is 32.2. The van der Waals surface area contributed by atoms with E-state index in [4.69, 9.17) is 0 Å². The predicted octanol–water partition coefficient (Wildman–Crippen LogP) is 2.03. The molecule has 0 atom stereocenters. The van der Waals surface area contributed by atoms with Crippen molar-refractivity contribution < 1.29 is 0 Å². The zero-order chi connectivity index (χ0) is 10.3. The number of thiophene rings is 1. The molecule has 0 unspecified atom stereocenters. The summed E-state index contributed by atoms with van der Waals surface area (Å²) >= 11 is 2.96. The Kier molecular flexibility index (Phi) is 2.36. The monoisotopic (exact) mass is 226 g/mol. The first-order chi connectivity index (χ1) is 6.65. The largest absolute Gasteiger partial charge is 0.290 e. The first kappa shape index (κ1) is 9.73. The third-order valence-electron chi connectivity index (χ3n) is 2.12. The van der Waals surface area contributed by atoms with Crippen molar-refractivity contribution in [3.8, 4) is 0 Å². The number of aromatic nitrogens is 2. The van der Waals surface area contributed by atoms with Crippen molar-refractivity contribution in [1.29, 1.82) is 0 Å². The Labute approximate surface area is 89.8 Å². The van der Waals surface area contributed by atoms with Gasteiger partial charge in [0.25, 0.3) is 5.56 Å². The van der Waals surface area contributed by atoms with Gasteiger partial charge in [-0.25, -0.2) is 4.98 Å². The first-order valence-electron chi connectivity index (χ1n) is 4.14. The second-order valence-corrected chi connectivity index (χ2v) is 4.71. The molecule has 0 spiro atoms. The quantitative estimate of drug-likeness (QED) is 0.551. The van der Waals surface area contributed by atoms with Crippen LogP contribution in [0.4, 0.5) is 0 Å². The average Bonchev–Trinajstić information content (AvgIpc) is 2.54. The smallest absolute Gasteiger partial charge is 0.271 e. The van der Waals surface area contributed by atoms with Gasteiger partial charge in [-0.05, 0) is 24.1 Å². The lowest BCUT2D eigenvalue weighted by molar-refractivity contribution is 0.729. The first-order valence-corrected chi connectivity index (χ1v) is 6.24. The molecule has 74 valence electrons. The molecule has 0 saturated heterocycles. The number of aryl methyl sites for hydroxylation is 1. The molecule has 0 aliphatic rings. The van der Waals surface area contributed by atoms with Gasteiger partial charge in [0.15, 0.2) is 5.16 Å². The molecule has 0 bridgehead atoms. The highest BCUT2D eigenvalue weighted by Gasteiger charge is 2.10. The molecule has 2 aromatic heterocycles. The number of hydrogen-bond acceptors (Lipinski definition) is 4. The Morgan fingerprint density at radius 2 is 2.29 bits per heavy atom. The maximum atomic E-state index is 11.8. The van der Waals surface area contributed by atoms with E-state index in [-0.39, 0.29) is 5.56 Å². The second kappa shape index (κ2) is 3.40. The molecule has 0 saturated carbocycles. The summed E-state index contributed by atoms with van der Waals surface area (Å²) < 4.78 is 2.35. The molecule has 0 aromatic carbocycles. The van der Waals surface area contributed by atoms with Crippen LogP contribution in [0.3, 0.4) is 0 Å². The van der Waals surface area contributed by atoms with Gasteiger partial charge < -0.3 is 0 Å². The van der Waals surface area contributed by atoms with Gasteiger partial charge >= 0.3 is 0 Å². The normalized spacial score (nSPS) is 11.1. The molecule has 0 fully saturated rings. The summed E-state index contributed by atoms with van der Waals surface area (Å²) in [6.45, 7) is 1.98. The van der Waals surface area contributed by atoms with Gasteiger partial charge in [-0.1, -0.05) is 11.8 Å². The van der Waals surface area contributed by atoms with E-state index in [0.29, 0.717) is 0 Å². The Balaban J connectivity index is 2.95. The van der Waals surface area contributed by atoms with Gasteiger partial charge in [-0.2, -0.15) is 0 Å². The fourth-order valence-corrected chi connectivity index (χ4v) is 2.82. The Hall–Kier alpha value is -0.810. The van der Waals surface area contributed by atoms with Crippen LogP contribution in [0.1, 0.15) is 5.56 Å². The Morgan fingerprint density at radius 1 is 1.57 bits per heavy atom. The van der Waals surface area contributed by atoms with E-state index in [0.717, 1.165) is 20.9 Å². The van der Waals surface area contributed by atoms with Crippen molar-refractivity contribution in [2.75, 3.05) is 6.26 Å². The highest BCUT2D eigenvalue weighted by molar-refractivity contribution is 7.98. The lowest BCUT2D eigenvalue weighted by Gasteiger charge is -2.03. The summed E-state index contributed by atoms with van der Waals surface area (Å²) in [6, 6.07) is 0. The third-order valence-corrected chi connectivity index (χ3v) is 3.92. The van der Waals surface area contributed by atoms with E-state index in [1.54, 1.807) is 11.6 Å². The minimum Gasteiger partial charge on any atom is -0.290 e. The highest BCUT2D eigenvalue weighted by Crippen LogP contribution is 2.22. The molecule has 2 rings (SSSR count). The molecular weight excluding hydrogens is 216 g/mol. The van der Waals surface area contributed by atoms with Crippen LogP contribution in [-0.4, -0.2) is 15.8 Å². The van der Waals surface area contributed by atoms with Gasteiger partial charge in [0.1, 0.15) is 4.70 Å². The molecule has 5 heteroatoms. The lowest BCUT2D eigenvalue weighted by Crippen LogP contribution is -2.18. The van der Waals surface area contributed by atoms with Crippen LogP contribution in [0.5, 0.6) is 0 Å². The fraction of sp³-hybridized carbons (Fsp3) is 0.333. The van der Waals surface area contributed by atoms with E-state index in [9.17, 15) is 4.79 Å². The number of thioether (sulfide) groups is 1. The molecule has 0 radical (unpaired) electrons. The van der Waals surface area contributed by atoms with Crippen molar-refractivity contribution in [2.24, 2.45) is 7.05 Å². The maximum absolute atomic E-state index is 11.8. The molecule has 3 nitrogen and oxygen atoms in total. The van der Waals surface area contributed by atoms with Crippen LogP contribution in [0.25, 0.3) is 10.2 Å². The van der Waals surface area contributed by atoms with Crippen molar-refractivity contribution >= 4 is 33.3 Å². The number of rotatable bonds is 1. The van der Waals surface area contributed by atoms with E-state index >= 15 is 0 Å². The fourth-order valence-electron chi connectivity index (χ4n) is 1.32. The van der Waals surface area contributed by atoms with Crippen LogP contribution in [0, 0.1) is 6.92 Å². The summed E-state index contributed by atoms with van der Waals surface area (Å²) in [4.78, 5) is 16.3. The summed E-state index contributed by atoms with van der Waals surface area (Å²) in [6.07, 6.45) is 1.93. The Morgan fingerprint density at radius 3 is 2.93 bits per heavy atom. The summed E-state index contributed by atoms with van der Waals surface area (Å²) in [5, 5.41) is 2.74. The van der Waals surface area contributed by atoms with Crippen molar-refractivity contribution in [1.82, 2.24) is 9.55 Å². The standard InChI is InChI=1S/C9H10N2OS2/c1-5-4-14-7-6(5)10-9(13-3)11(2)8(7)12/h4H,1-3H3. The summed E-state index contributed by atoms with van der Waals surface area (Å²) in [5.41, 5.74) is 1.98. The second-order valence-electron chi connectivity index (χ2n) is 3.06.